The first-order chi connectivity index (χ1) is 9.88. The minimum Gasteiger partial charge on any atom is -0.459 e. The minimum absolute atomic E-state index is 0.0910. The number of nitrogens with one attached hydrogen (secondary N) is 1. The summed E-state index contributed by atoms with van der Waals surface area (Å²) in [5.74, 6) is -1.80. The number of nitrogens with zero attached hydrogens (tertiary/aromatic N) is 1. The van der Waals surface area contributed by atoms with Gasteiger partial charge in [0.05, 0.1) is 18.2 Å². The lowest BCUT2D eigenvalue weighted by Gasteiger charge is -2.14. The average Bonchev–Trinajstić information content (AvgIpc) is 2.65. The monoisotopic (exact) mass is 306 g/mol. The number of hydrogen-bond donors (Lipinski definition) is 1. The van der Waals surface area contributed by atoms with E-state index in [9.17, 15) is 14.4 Å². The van der Waals surface area contributed by atoms with Crippen molar-refractivity contribution in [3.8, 4) is 0 Å². The van der Waals surface area contributed by atoms with E-state index in [2.05, 4.69) is 5.32 Å². The quantitative estimate of drug-likeness (QED) is 0.510. The first kappa shape index (κ1) is 15.1. The van der Waals surface area contributed by atoms with Crippen LogP contribution in [0, 0.1) is 0 Å². The molecule has 110 valence electrons. The Hall–Kier alpha value is -2.28. The lowest BCUT2D eigenvalue weighted by Crippen LogP contribution is -2.30. The normalized spacial score (nSPS) is 14.6. The number of amides is 2. The second kappa shape index (κ2) is 6.01. The first-order valence-corrected chi connectivity index (χ1v) is 6.76. The Labute approximate surface area is 127 Å². The second-order valence-corrected chi connectivity index (χ2v) is 5.19. The minimum atomic E-state index is -0.725. The highest BCUT2D eigenvalue weighted by Crippen LogP contribution is 2.12. The summed E-state index contributed by atoms with van der Waals surface area (Å²) in [5, 5.41) is 2.37. The van der Waals surface area contributed by atoms with E-state index in [0.717, 1.165) is 5.56 Å². The maximum absolute atomic E-state index is 11.7. The average molecular weight is 306 g/mol. The molecule has 0 bridgehead atoms. The third kappa shape index (κ3) is 3.43. The summed E-state index contributed by atoms with van der Waals surface area (Å²) in [4.78, 5) is 35.6. The van der Waals surface area contributed by atoms with Crippen molar-refractivity contribution in [3.05, 3.63) is 35.4 Å². The molecule has 0 radical (unpaired) electrons. The molecular weight excluding hydrogens is 292 g/mol. The lowest BCUT2D eigenvalue weighted by atomic mass is 10.1. The molecule has 1 saturated heterocycles. The predicted octanol–water partition coefficient (Wildman–Crippen LogP) is 0.995. The third-order valence-electron chi connectivity index (χ3n) is 2.78. The zero-order valence-electron chi connectivity index (χ0n) is 11.6. The summed E-state index contributed by atoms with van der Waals surface area (Å²) < 4.78 is 5.08. The lowest BCUT2D eigenvalue weighted by molar-refractivity contribution is -0.140. The van der Waals surface area contributed by atoms with Crippen molar-refractivity contribution < 1.29 is 19.1 Å². The molecule has 1 aromatic carbocycles. The predicted molar refractivity (Wildman–Crippen MR) is 78.3 cm³/mol. The van der Waals surface area contributed by atoms with Crippen LogP contribution >= 0.6 is 12.2 Å². The number of ether oxygens (including phenoxy) is 1. The zero-order chi connectivity index (χ0) is 15.6. The molecular formula is C14H14N2O4S. The van der Waals surface area contributed by atoms with Crippen molar-refractivity contribution in [3.63, 3.8) is 0 Å². The van der Waals surface area contributed by atoms with Crippen molar-refractivity contribution in [2.24, 2.45) is 0 Å². The van der Waals surface area contributed by atoms with Gasteiger partial charge in [-0.2, -0.15) is 0 Å². The molecule has 2 rings (SSSR count). The Bertz CT molecular complexity index is 610. The van der Waals surface area contributed by atoms with Gasteiger partial charge >= 0.3 is 17.8 Å². The van der Waals surface area contributed by atoms with Gasteiger partial charge in [-0.1, -0.05) is 12.1 Å². The molecule has 7 heteroatoms. The number of thiocarbonyl (C=S) groups is 1. The van der Waals surface area contributed by atoms with Gasteiger partial charge in [0, 0.05) is 0 Å². The second-order valence-electron chi connectivity index (χ2n) is 4.80. The van der Waals surface area contributed by atoms with Crippen LogP contribution in [0.1, 0.15) is 29.8 Å². The Kier molecular flexibility index (Phi) is 4.32. The fourth-order valence-corrected chi connectivity index (χ4v) is 2.03. The van der Waals surface area contributed by atoms with Crippen molar-refractivity contribution >= 4 is 35.1 Å². The van der Waals surface area contributed by atoms with E-state index in [1.54, 1.807) is 38.1 Å². The maximum atomic E-state index is 11.7. The number of hydrogen-bond acceptors (Lipinski definition) is 5. The Balaban J connectivity index is 2.06. The van der Waals surface area contributed by atoms with Crippen LogP contribution in [0.3, 0.4) is 0 Å². The maximum Gasteiger partial charge on any atom is 0.338 e. The Morgan fingerprint density at radius 3 is 2.38 bits per heavy atom. The summed E-state index contributed by atoms with van der Waals surface area (Å²) in [6, 6.07) is 6.60. The topological polar surface area (TPSA) is 75.7 Å². The van der Waals surface area contributed by atoms with Gasteiger partial charge in [0.2, 0.25) is 0 Å². The van der Waals surface area contributed by atoms with E-state index in [1.807, 2.05) is 0 Å². The molecule has 0 aliphatic carbocycles. The molecule has 0 aromatic heterocycles. The van der Waals surface area contributed by atoms with Gasteiger partial charge < -0.3 is 4.74 Å². The zero-order valence-corrected chi connectivity index (χ0v) is 12.4. The molecule has 2 amide bonds. The SMILES string of the molecule is CC(C)OC(=O)c1ccc(CN2C(=O)C(=O)NC2=S)cc1. The Morgan fingerprint density at radius 2 is 1.90 bits per heavy atom. The molecule has 0 unspecified atom stereocenters. The number of rotatable bonds is 4. The van der Waals surface area contributed by atoms with Gasteiger partial charge in [0.15, 0.2) is 5.11 Å². The molecule has 1 aromatic rings. The molecule has 1 fully saturated rings. The van der Waals surface area contributed by atoms with Gasteiger partial charge in [-0.05, 0) is 43.8 Å². The van der Waals surface area contributed by atoms with E-state index < -0.39 is 17.8 Å². The van der Waals surface area contributed by atoms with Crippen LogP contribution in [0.4, 0.5) is 0 Å². The highest BCUT2D eigenvalue weighted by atomic mass is 32.1. The van der Waals surface area contributed by atoms with E-state index in [-0.39, 0.29) is 17.8 Å². The van der Waals surface area contributed by atoms with Crippen LogP contribution in [-0.4, -0.2) is 33.9 Å². The molecule has 0 spiro atoms. The standard InChI is InChI=1S/C14H14N2O4S/c1-8(2)20-13(19)10-5-3-9(4-6-10)7-16-12(18)11(17)15-14(16)21/h3-6,8H,7H2,1-2H3,(H,15,17,21). The summed E-state index contributed by atoms with van der Waals surface area (Å²) in [6.07, 6.45) is -0.186. The molecule has 0 atom stereocenters. The molecule has 1 N–H and O–H groups in total. The van der Waals surface area contributed by atoms with Crippen LogP contribution in [-0.2, 0) is 20.9 Å². The molecule has 1 aliphatic heterocycles. The van der Waals surface area contributed by atoms with E-state index in [1.165, 1.54) is 4.90 Å². The molecule has 0 saturated carbocycles. The van der Waals surface area contributed by atoms with Crippen LogP contribution < -0.4 is 5.32 Å². The molecule has 6 nitrogen and oxygen atoms in total. The number of benzene rings is 1. The summed E-state index contributed by atoms with van der Waals surface area (Å²) in [6.45, 7) is 3.72. The van der Waals surface area contributed by atoms with E-state index >= 15 is 0 Å². The highest BCUT2D eigenvalue weighted by molar-refractivity contribution is 7.80. The van der Waals surface area contributed by atoms with Crippen molar-refractivity contribution in [1.82, 2.24) is 10.2 Å². The summed E-state index contributed by atoms with van der Waals surface area (Å²) in [5.41, 5.74) is 1.18. The van der Waals surface area contributed by atoms with Crippen molar-refractivity contribution in [1.29, 1.82) is 0 Å². The largest absolute Gasteiger partial charge is 0.459 e. The van der Waals surface area contributed by atoms with E-state index in [0.29, 0.717) is 5.56 Å². The van der Waals surface area contributed by atoms with Crippen molar-refractivity contribution in [2.45, 2.75) is 26.5 Å². The summed E-state index contributed by atoms with van der Waals surface area (Å²) in [7, 11) is 0. The van der Waals surface area contributed by atoms with Crippen LogP contribution in [0.25, 0.3) is 0 Å². The van der Waals surface area contributed by atoms with E-state index in [4.69, 9.17) is 17.0 Å². The fraction of sp³-hybridized carbons (Fsp3) is 0.286. The number of carbonyl (C=O) groups excluding carboxylic acids is 3. The number of carbonyl (C=O) groups is 3. The summed E-state index contributed by atoms with van der Waals surface area (Å²) >= 11 is 4.91. The number of esters is 1. The van der Waals surface area contributed by atoms with Gasteiger partial charge in [0.1, 0.15) is 0 Å². The van der Waals surface area contributed by atoms with Crippen LogP contribution in [0.15, 0.2) is 24.3 Å². The third-order valence-corrected chi connectivity index (χ3v) is 3.10. The van der Waals surface area contributed by atoms with Gasteiger partial charge in [-0.3, -0.25) is 19.8 Å². The van der Waals surface area contributed by atoms with Gasteiger partial charge in [-0.15, -0.1) is 0 Å². The Morgan fingerprint density at radius 1 is 1.29 bits per heavy atom. The van der Waals surface area contributed by atoms with Crippen molar-refractivity contribution in [2.75, 3.05) is 0 Å². The first-order valence-electron chi connectivity index (χ1n) is 6.35. The van der Waals surface area contributed by atoms with Crippen LogP contribution in [0.5, 0.6) is 0 Å². The highest BCUT2D eigenvalue weighted by Gasteiger charge is 2.33. The molecule has 1 heterocycles. The molecule has 1 aliphatic rings. The van der Waals surface area contributed by atoms with Gasteiger partial charge in [-0.25, -0.2) is 4.79 Å². The fourth-order valence-electron chi connectivity index (χ4n) is 1.79. The van der Waals surface area contributed by atoms with Gasteiger partial charge in [0.25, 0.3) is 0 Å². The van der Waals surface area contributed by atoms with Crippen LogP contribution in [0.2, 0.25) is 0 Å². The molecule has 21 heavy (non-hydrogen) atoms. The smallest absolute Gasteiger partial charge is 0.338 e.